The molecule has 4 aliphatic rings. The first-order valence-electron chi connectivity index (χ1n) is 9.76. The summed E-state index contributed by atoms with van der Waals surface area (Å²) in [5.41, 5.74) is 0.550. The fourth-order valence-corrected chi connectivity index (χ4v) is 5.89. The smallest absolute Gasteiger partial charge is 0.273 e. The van der Waals surface area contributed by atoms with Crippen LogP contribution in [0.25, 0.3) is 0 Å². The molecule has 4 fully saturated rings. The Hall–Kier alpha value is -1.92. The zero-order valence-corrected chi connectivity index (χ0v) is 15.9. The van der Waals surface area contributed by atoms with Crippen LogP contribution in [0.3, 0.4) is 0 Å². The molecule has 2 amide bonds. The molecule has 0 spiro atoms. The van der Waals surface area contributed by atoms with E-state index in [4.69, 9.17) is 0 Å². The van der Waals surface area contributed by atoms with Gasteiger partial charge in [-0.3, -0.25) is 9.59 Å². The molecular formula is C19H29N5O2. The number of amides is 2. The molecule has 1 atom stereocenters. The maximum Gasteiger partial charge on any atom is 0.273 e. The number of nitrogens with zero attached hydrogens (tertiary/aromatic N) is 4. The van der Waals surface area contributed by atoms with E-state index in [1.54, 1.807) is 20.3 Å². The number of hydrogen-bond donors (Lipinski definition) is 1. The highest BCUT2D eigenvalue weighted by Crippen LogP contribution is 2.61. The summed E-state index contributed by atoms with van der Waals surface area (Å²) in [6.45, 7) is 2.25. The lowest BCUT2D eigenvalue weighted by Crippen LogP contribution is -2.55. The Morgan fingerprint density at radius 3 is 2.35 bits per heavy atom. The summed E-state index contributed by atoms with van der Waals surface area (Å²) in [6.07, 6.45) is 9.51. The van der Waals surface area contributed by atoms with Crippen LogP contribution in [-0.2, 0) is 11.3 Å². The first-order valence-corrected chi connectivity index (χ1v) is 9.76. The molecule has 4 saturated carbocycles. The summed E-state index contributed by atoms with van der Waals surface area (Å²) in [5, 5.41) is 11.1. The molecule has 1 aromatic rings. The van der Waals surface area contributed by atoms with Crippen LogP contribution in [0.1, 0.15) is 55.9 Å². The van der Waals surface area contributed by atoms with Crippen molar-refractivity contribution in [1.82, 2.24) is 25.2 Å². The third-order valence-electron chi connectivity index (χ3n) is 6.92. The fraction of sp³-hybridized carbons (Fsp3) is 0.789. The first kappa shape index (κ1) is 17.5. The quantitative estimate of drug-likeness (QED) is 0.868. The zero-order chi connectivity index (χ0) is 18.5. The molecule has 4 bridgehead atoms. The van der Waals surface area contributed by atoms with Gasteiger partial charge in [0.25, 0.3) is 5.91 Å². The third kappa shape index (κ3) is 3.12. The van der Waals surface area contributed by atoms with Crippen molar-refractivity contribution in [2.24, 2.45) is 23.2 Å². The second kappa shape index (κ2) is 6.35. The molecule has 0 aliphatic heterocycles. The molecule has 0 aromatic carbocycles. The van der Waals surface area contributed by atoms with E-state index in [0.29, 0.717) is 0 Å². The summed E-state index contributed by atoms with van der Waals surface area (Å²) in [7, 11) is 3.39. The van der Waals surface area contributed by atoms with Crippen molar-refractivity contribution in [2.45, 2.75) is 58.0 Å². The van der Waals surface area contributed by atoms with Crippen LogP contribution in [0.2, 0.25) is 0 Å². The topological polar surface area (TPSA) is 80.1 Å². The molecule has 26 heavy (non-hydrogen) atoms. The van der Waals surface area contributed by atoms with E-state index in [9.17, 15) is 9.59 Å². The Labute approximate surface area is 154 Å². The number of nitrogens with one attached hydrogen (secondary N) is 1. The second-order valence-corrected chi connectivity index (χ2v) is 9.06. The molecule has 1 unspecified atom stereocenters. The molecule has 5 rings (SSSR count). The minimum absolute atomic E-state index is 0.0798. The van der Waals surface area contributed by atoms with Crippen molar-refractivity contribution in [3.05, 3.63) is 11.9 Å². The summed E-state index contributed by atoms with van der Waals surface area (Å²) in [4.78, 5) is 25.9. The lowest BCUT2D eigenvalue weighted by Gasteiger charge is -2.59. The van der Waals surface area contributed by atoms with Crippen LogP contribution in [0.4, 0.5) is 0 Å². The van der Waals surface area contributed by atoms with Gasteiger partial charge in [0.15, 0.2) is 5.69 Å². The lowest BCUT2D eigenvalue weighted by molar-refractivity contribution is -0.129. The zero-order valence-electron chi connectivity index (χ0n) is 15.9. The standard InChI is InChI=1S/C19H29N5O2/c1-12(19-7-13-4-14(8-19)6-15(5-13)9-19)20-18(26)16-10-24(22-21-16)11-17(25)23(2)3/h10,12-15H,4-9,11H2,1-3H3,(H,20,26). The third-order valence-corrected chi connectivity index (χ3v) is 6.92. The molecule has 7 heteroatoms. The van der Waals surface area contributed by atoms with Gasteiger partial charge in [-0.25, -0.2) is 4.68 Å². The van der Waals surface area contributed by atoms with E-state index >= 15 is 0 Å². The van der Waals surface area contributed by atoms with Crippen molar-refractivity contribution in [3.8, 4) is 0 Å². The van der Waals surface area contributed by atoms with E-state index in [0.717, 1.165) is 17.8 Å². The lowest BCUT2D eigenvalue weighted by atomic mass is 9.48. The largest absolute Gasteiger partial charge is 0.348 e. The van der Waals surface area contributed by atoms with Crippen molar-refractivity contribution in [3.63, 3.8) is 0 Å². The van der Waals surface area contributed by atoms with E-state index in [2.05, 4.69) is 22.6 Å². The summed E-state index contributed by atoms with van der Waals surface area (Å²) >= 11 is 0. The van der Waals surface area contributed by atoms with Crippen LogP contribution in [-0.4, -0.2) is 51.8 Å². The Morgan fingerprint density at radius 1 is 1.23 bits per heavy atom. The van der Waals surface area contributed by atoms with Gasteiger partial charge in [-0.05, 0) is 68.6 Å². The number of likely N-dealkylation sites (N-methyl/N-ethyl adjacent to an activating group) is 1. The number of rotatable bonds is 5. The van der Waals surface area contributed by atoms with Crippen LogP contribution >= 0.6 is 0 Å². The SMILES string of the molecule is CC(NC(=O)c1cn(CC(=O)N(C)C)nn1)C12CC3CC(CC(C3)C1)C2. The Morgan fingerprint density at radius 2 is 1.81 bits per heavy atom. The predicted molar refractivity (Wildman–Crippen MR) is 96.2 cm³/mol. The molecule has 0 radical (unpaired) electrons. The molecule has 4 aliphatic carbocycles. The summed E-state index contributed by atoms with van der Waals surface area (Å²) < 4.78 is 1.42. The highest BCUT2D eigenvalue weighted by atomic mass is 16.2. The van der Waals surface area contributed by atoms with Gasteiger partial charge in [0.05, 0.1) is 6.20 Å². The monoisotopic (exact) mass is 359 g/mol. The number of aromatic nitrogens is 3. The van der Waals surface area contributed by atoms with Gasteiger partial charge >= 0.3 is 0 Å². The molecule has 1 N–H and O–H groups in total. The number of carbonyl (C=O) groups is 2. The van der Waals surface area contributed by atoms with Crippen LogP contribution in [0.5, 0.6) is 0 Å². The summed E-state index contributed by atoms with van der Waals surface area (Å²) in [5.74, 6) is 2.32. The minimum Gasteiger partial charge on any atom is -0.348 e. The van der Waals surface area contributed by atoms with Gasteiger partial charge in [-0.2, -0.15) is 0 Å². The molecule has 142 valence electrons. The van der Waals surface area contributed by atoms with Crippen molar-refractivity contribution >= 4 is 11.8 Å². The average molecular weight is 359 g/mol. The highest BCUT2D eigenvalue weighted by molar-refractivity contribution is 5.92. The van der Waals surface area contributed by atoms with E-state index in [1.165, 1.54) is 48.1 Å². The molecule has 0 saturated heterocycles. The highest BCUT2D eigenvalue weighted by Gasteiger charge is 2.53. The van der Waals surface area contributed by atoms with Crippen molar-refractivity contribution in [1.29, 1.82) is 0 Å². The van der Waals surface area contributed by atoms with Crippen molar-refractivity contribution < 1.29 is 9.59 Å². The molecule has 1 heterocycles. The van der Waals surface area contributed by atoms with Crippen molar-refractivity contribution in [2.75, 3.05) is 14.1 Å². The fourth-order valence-electron chi connectivity index (χ4n) is 5.89. The van der Waals surface area contributed by atoms with Gasteiger partial charge in [-0.15, -0.1) is 5.10 Å². The Kier molecular flexibility index (Phi) is 4.28. The van der Waals surface area contributed by atoms with E-state index in [1.807, 2.05) is 0 Å². The minimum atomic E-state index is -0.184. The Bertz CT molecular complexity index is 675. The van der Waals surface area contributed by atoms with Crippen LogP contribution in [0, 0.1) is 23.2 Å². The van der Waals surface area contributed by atoms with E-state index in [-0.39, 0.29) is 35.5 Å². The maximum atomic E-state index is 12.7. The number of hydrogen-bond acceptors (Lipinski definition) is 4. The second-order valence-electron chi connectivity index (χ2n) is 9.06. The average Bonchev–Trinajstić information content (AvgIpc) is 3.02. The normalized spacial score (nSPS) is 33.1. The molecular weight excluding hydrogens is 330 g/mol. The van der Waals surface area contributed by atoms with Gasteiger partial charge in [0.1, 0.15) is 6.54 Å². The van der Waals surface area contributed by atoms with Crippen LogP contribution < -0.4 is 5.32 Å². The van der Waals surface area contributed by atoms with E-state index < -0.39 is 0 Å². The summed E-state index contributed by atoms with van der Waals surface area (Å²) in [6, 6.07) is 0.150. The molecule has 7 nitrogen and oxygen atoms in total. The number of carbonyl (C=O) groups excluding carboxylic acids is 2. The van der Waals surface area contributed by atoms with Crippen LogP contribution in [0.15, 0.2) is 6.20 Å². The Balaban J connectivity index is 1.40. The van der Waals surface area contributed by atoms with Gasteiger partial charge < -0.3 is 10.2 Å². The molecule has 1 aromatic heterocycles. The van der Waals surface area contributed by atoms with Gasteiger partial charge in [0, 0.05) is 20.1 Å². The predicted octanol–water partition coefficient (Wildman–Crippen LogP) is 1.70. The van der Waals surface area contributed by atoms with Gasteiger partial charge in [-0.1, -0.05) is 5.21 Å². The first-order chi connectivity index (χ1) is 12.3. The van der Waals surface area contributed by atoms with Gasteiger partial charge in [0.2, 0.25) is 5.91 Å². The maximum absolute atomic E-state index is 12.7.